The summed E-state index contributed by atoms with van der Waals surface area (Å²) >= 11 is 0. The fraction of sp³-hybridized carbons (Fsp3) is 0.391. The second-order valence-corrected chi connectivity index (χ2v) is 7.47. The van der Waals surface area contributed by atoms with E-state index in [-0.39, 0.29) is 25.2 Å². The van der Waals surface area contributed by atoms with Gasteiger partial charge >= 0.3 is 6.09 Å². The summed E-state index contributed by atoms with van der Waals surface area (Å²) in [7, 11) is 0. The standard InChI is InChI=1S/C23H30N2O4/c1-17(2)13-20(15-26)24-22(27)21(14-18-9-5-3-6-10-18)25-23(28)29-16-19-11-7-4-8-12-19/h3-12,17,20-21,26H,13-16H2,1-2H3,(H,24,27)(H,25,28)/t20-,21+/m0/s1. The van der Waals surface area contributed by atoms with Crippen LogP contribution in [0, 0.1) is 5.92 Å². The molecule has 2 amide bonds. The van der Waals surface area contributed by atoms with Crippen LogP contribution in [0.1, 0.15) is 31.4 Å². The number of hydrogen-bond donors (Lipinski definition) is 3. The molecule has 0 bridgehead atoms. The number of nitrogens with one attached hydrogen (secondary N) is 2. The largest absolute Gasteiger partial charge is 0.445 e. The number of alkyl carbamates (subject to hydrolysis) is 1. The van der Waals surface area contributed by atoms with Crippen LogP contribution in [0.5, 0.6) is 0 Å². The Balaban J connectivity index is 2.01. The van der Waals surface area contributed by atoms with Gasteiger partial charge in [-0.1, -0.05) is 74.5 Å². The zero-order chi connectivity index (χ0) is 21.1. The molecule has 0 aliphatic carbocycles. The number of aliphatic hydroxyl groups excluding tert-OH is 1. The molecule has 0 saturated carbocycles. The first-order chi connectivity index (χ1) is 14.0. The first kappa shape index (κ1) is 22.4. The molecule has 2 rings (SSSR count). The molecule has 6 nitrogen and oxygen atoms in total. The molecule has 0 spiro atoms. The van der Waals surface area contributed by atoms with E-state index in [9.17, 15) is 14.7 Å². The zero-order valence-electron chi connectivity index (χ0n) is 17.0. The van der Waals surface area contributed by atoms with Gasteiger partial charge in [0.25, 0.3) is 0 Å². The van der Waals surface area contributed by atoms with Crippen molar-refractivity contribution in [2.24, 2.45) is 5.92 Å². The topological polar surface area (TPSA) is 87.7 Å². The summed E-state index contributed by atoms with van der Waals surface area (Å²) in [6, 6.07) is 17.6. The molecule has 2 aromatic carbocycles. The number of aliphatic hydroxyl groups is 1. The second kappa shape index (κ2) is 11.9. The number of hydrogen-bond acceptors (Lipinski definition) is 4. The summed E-state index contributed by atoms with van der Waals surface area (Å²) < 4.78 is 5.26. The number of carbonyl (C=O) groups excluding carboxylic acids is 2. The van der Waals surface area contributed by atoms with Gasteiger partial charge in [-0.3, -0.25) is 4.79 Å². The molecule has 0 aliphatic heterocycles. The molecule has 0 heterocycles. The zero-order valence-corrected chi connectivity index (χ0v) is 17.0. The Morgan fingerprint density at radius 3 is 2.07 bits per heavy atom. The minimum atomic E-state index is -0.804. The monoisotopic (exact) mass is 398 g/mol. The van der Waals surface area contributed by atoms with E-state index >= 15 is 0 Å². The van der Waals surface area contributed by atoms with Gasteiger partial charge in [-0.2, -0.15) is 0 Å². The highest BCUT2D eigenvalue weighted by molar-refractivity contribution is 5.86. The quantitative estimate of drug-likeness (QED) is 0.574. The molecule has 3 N–H and O–H groups in total. The number of benzene rings is 2. The van der Waals surface area contributed by atoms with E-state index in [1.54, 1.807) is 0 Å². The Morgan fingerprint density at radius 2 is 1.52 bits per heavy atom. The Labute approximate surface area is 172 Å². The van der Waals surface area contributed by atoms with Crippen molar-refractivity contribution in [1.29, 1.82) is 0 Å². The van der Waals surface area contributed by atoms with Crippen molar-refractivity contribution in [2.45, 2.75) is 45.4 Å². The van der Waals surface area contributed by atoms with Crippen LogP contribution in [0.15, 0.2) is 60.7 Å². The number of carbonyl (C=O) groups is 2. The van der Waals surface area contributed by atoms with Crippen molar-refractivity contribution >= 4 is 12.0 Å². The summed E-state index contributed by atoms with van der Waals surface area (Å²) in [5, 5.41) is 15.1. The molecule has 0 fully saturated rings. The lowest BCUT2D eigenvalue weighted by atomic mass is 10.0. The Bertz CT molecular complexity index is 750. The highest BCUT2D eigenvalue weighted by Crippen LogP contribution is 2.08. The van der Waals surface area contributed by atoms with Crippen LogP contribution >= 0.6 is 0 Å². The van der Waals surface area contributed by atoms with Crippen LogP contribution in [0.3, 0.4) is 0 Å². The molecule has 0 aliphatic rings. The van der Waals surface area contributed by atoms with Gasteiger partial charge in [0.15, 0.2) is 0 Å². The van der Waals surface area contributed by atoms with Crippen LogP contribution < -0.4 is 10.6 Å². The van der Waals surface area contributed by atoms with E-state index in [1.165, 1.54) is 0 Å². The van der Waals surface area contributed by atoms with Crippen molar-refractivity contribution in [2.75, 3.05) is 6.61 Å². The maximum Gasteiger partial charge on any atom is 0.408 e. The van der Waals surface area contributed by atoms with E-state index in [4.69, 9.17) is 4.74 Å². The molecule has 2 atom stereocenters. The molecule has 2 aromatic rings. The molecule has 0 radical (unpaired) electrons. The van der Waals surface area contributed by atoms with E-state index in [1.807, 2.05) is 74.5 Å². The van der Waals surface area contributed by atoms with Crippen LogP contribution in [0.25, 0.3) is 0 Å². The molecule has 0 saturated heterocycles. The summed E-state index contributed by atoms with van der Waals surface area (Å²) in [5.74, 6) is -0.0194. The minimum Gasteiger partial charge on any atom is -0.445 e. The predicted molar refractivity (Wildman–Crippen MR) is 112 cm³/mol. The maximum atomic E-state index is 12.8. The summed E-state index contributed by atoms with van der Waals surface area (Å²) in [6.07, 6.45) is 0.320. The van der Waals surface area contributed by atoms with E-state index in [0.29, 0.717) is 18.8 Å². The third kappa shape index (κ3) is 8.35. The van der Waals surface area contributed by atoms with Gasteiger partial charge in [0.05, 0.1) is 12.6 Å². The van der Waals surface area contributed by atoms with Crippen molar-refractivity contribution in [1.82, 2.24) is 10.6 Å². The molecular formula is C23H30N2O4. The molecule has 29 heavy (non-hydrogen) atoms. The average molecular weight is 399 g/mol. The third-order valence-corrected chi connectivity index (χ3v) is 4.43. The van der Waals surface area contributed by atoms with E-state index in [2.05, 4.69) is 10.6 Å². The maximum absolute atomic E-state index is 12.8. The average Bonchev–Trinajstić information content (AvgIpc) is 2.72. The lowest BCUT2D eigenvalue weighted by molar-refractivity contribution is -0.124. The van der Waals surface area contributed by atoms with Crippen molar-refractivity contribution < 1.29 is 19.4 Å². The predicted octanol–water partition coefficient (Wildman–Crippen LogP) is 3.05. The fourth-order valence-electron chi connectivity index (χ4n) is 3.02. The van der Waals surface area contributed by atoms with Gasteiger partial charge in [-0.25, -0.2) is 4.79 Å². The first-order valence-electron chi connectivity index (χ1n) is 9.90. The first-order valence-corrected chi connectivity index (χ1v) is 9.90. The minimum absolute atomic E-state index is 0.124. The van der Waals surface area contributed by atoms with Crippen LogP contribution in [0.4, 0.5) is 4.79 Å². The molecule has 156 valence electrons. The van der Waals surface area contributed by atoms with Crippen molar-refractivity contribution in [3.05, 3.63) is 71.8 Å². The van der Waals surface area contributed by atoms with Crippen LogP contribution in [-0.4, -0.2) is 35.8 Å². The SMILES string of the molecule is CC(C)C[C@@H](CO)NC(=O)[C@@H](Cc1ccccc1)NC(=O)OCc1ccccc1. The highest BCUT2D eigenvalue weighted by Gasteiger charge is 2.24. The van der Waals surface area contributed by atoms with Gasteiger partial charge in [-0.15, -0.1) is 0 Å². The Kier molecular flexibility index (Phi) is 9.18. The third-order valence-electron chi connectivity index (χ3n) is 4.43. The summed E-state index contributed by atoms with van der Waals surface area (Å²) in [6.45, 7) is 4.02. The van der Waals surface area contributed by atoms with Gasteiger partial charge in [0.2, 0.25) is 5.91 Å². The Hall–Kier alpha value is -2.86. The number of rotatable bonds is 10. The summed E-state index contributed by atoms with van der Waals surface area (Å²) in [4.78, 5) is 25.1. The molecule has 0 unspecified atom stereocenters. The number of ether oxygens (including phenoxy) is 1. The highest BCUT2D eigenvalue weighted by atomic mass is 16.5. The smallest absolute Gasteiger partial charge is 0.408 e. The molecule has 0 aromatic heterocycles. The van der Waals surface area contributed by atoms with Gasteiger partial charge in [-0.05, 0) is 23.5 Å². The lowest BCUT2D eigenvalue weighted by Gasteiger charge is -2.23. The lowest BCUT2D eigenvalue weighted by Crippen LogP contribution is -2.51. The van der Waals surface area contributed by atoms with Gasteiger partial charge in [0, 0.05) is 6.42 Å². The normalized spacial score (nSPS) is 12.8. The van der Waals surface area contributed by atoms with Gasteiger partial charge in [0.1, 0.15) is 12.6 Å². The van der Waals surface area contributed by atoms with Crippen LogP contribution in [0.2, 0.25) is 0 Å². The van der Waals surface area contributed by atoms with Crippen molar-refractivity contribution in [3.8, 4) is 0 Å². The van der Waals surface area contributed by atoms with E-state index < -0.39 is 12.1 Å². The van der Waals surface area contributed by atoms with Crippen LogP contribution in [-0.2, 0) is 22.6 Å². The second-order valence-electron chi connectivity index (χ2n) is 7.47. The van der Waals surface area contributed by atoms with Crippen molar-refractivity contribution in [3.63, 3.8) is 0 Å². The molecular weight excluding hydrogens is 368 g/mol. The fourth-order valence-corrected chi connectivity index (χ4v) is 3.02. The van der Waals surface area contributed by atoms with Gasteiger partial charge < -0.3 is 20.5 Å². The Morgan fingerprint density at radius 1 is 0.931 bits per heavy atom. The molecule has 6 heteroatoms. The van der Waals surface area contributed by atoms with E-state index in [0.717, 1.165) is 11.1 Å². The summed E-state index contributed by atoms with van der Waals surface area (Å²) in [5.41, 5.74) is 1.78. The number of amides is 2.